The van der Waals surface area contributed by atoms with Crippen LogP contribution in [0, 0.1) is 0 Å². The quantitative estimate of drug-likeness (QED) is 0.366. The topological polar surface area (TPSA) is 114 Å². The van der Waals surface area contributed by atoms with Gasteiger partial charge in [-0.2, -0.15) is 0 Å². The van der Waals surface area contributed by atoms with Crippen molar-refractivity contribution in [3.8, 4) is 0 Å². The number of aromatic amines is 4. The smallest absolute Gasteiger partial charge is 1.00 e. The summed E-state index contributed by atoms with van der Waals surface area (Å²) >= 11 is 0. The van der Waals surface area contributed by atoms with Crippen LogP contribution in [0.4, 0.5) is 0 Å². The maximum absolute atomic E-state index is 10.9. The average Bonchev–Trinajstić information content (AvgIpc) is 2.29. The summed E-state index contributed by atoms with van der Waals surface area (Å²) in [6, 6.07) is 0. The number of hydrogen-bond donors (Lipinski definition) is 4. The van der Waals surface area contributed by atoms with Crippen molar-refractivity contribution in [1.29, 1.82) is 0 Å². The molecule has 66 valence electrons. The summed E-state index contributed by atoms with van der Waals surface area (Å²) in [6.07, 6.45) is 0. The van der Waals surface area contributed by atoms with E-state index in [2.05, 4.69) is 15.0 Å². The van der Waals surface area contributed by atoms with E-state index in [1.165, 1.54) is 0 Å². The number of nitrogens with one attached hydrogen (secondary N) is 4. The van der Waals surface area contributed by atoms with E-state index in [-0.39, 0.29) is 37.1 Å². The van der Waals surface area contributed by atoms with Crippen LogP contribution in [0.15, 0.2) is 14.4 Å². The summed E-state index contributed by atoms with van der Waals surface area (Å²) in [6.45, 7) is 0. The van der Waals surface area contributed by atoms with E-state index in [9.17, 15) is 14.4 Å². The van der Waals surface area contributed by atoms with Gasteiger partial charge in [-0.15, -0.1) is 0 Å². The molecule has 13 heavy (non-hydrogen) atoms. The molecule has 8 heteroatoms. The maximum Gasteiger partial charge on any atom is 2.00 e. The molecule has 0 aromatic carbocycles. The first-order valence-corrected chi connectivity index (χ1v) is 3.11. The number of fused-ring (bicyclic) bond motifs is 1. The second-order valence-electron chi connectivity index (χ2n) is 2.24. The molecule has 2 heterocycles. The molecule has 0 saturated heterocycles. The first-order chi connectivity index (χ1) is 5.66. The van der Waals surface area contributed by atoms with Gasteiger partial charge < -0.3 is 2.85 Å². The second-order valence-corrected chi connectivity index (χ2v) is 2.24. The van der Waals surface area contributed by atoms with Crippen molar-refractivity contribution in [3.63, 3.8) is 0 Å². The first-order valence-electron chi connectivity index (χ1n) is 3.11. The van der Waals surface area contributed by atoms with Crippen LogP contribution in [0.25, 0.3) is 11.2 Å². The van der Waals surface area contributed by atoms with Gasteiger partial charge in [0.1, 0.15) is 11.2 Å². The Hall–Kier alpha value is -1.28. The van der Waals surface area contributed by atoms with Gasteiger partial charge in [-0.05, 0) is 0 Å². The maximum atomic E-state index is 10.9. The number of rotatable bonds is 0. The molecule has 0 unspecified atom stereocenters. The van der Waals surface area contributed by atoms with Crippen LogP contribution in [0.3, 0.4) is 0 Å². The van der Waals surface area contributed by atoms with Gasteiger partial charge in [-0.1, -0.05) is 0 Å². The average molecular weight is 194 g/mol. The summed E-state index contributed by atoms with van der Waals surface area (Å²) in [5.74, 6) is 0. The van der Waals surface area contributed by atoms with E-state index in [0.717, 1.165) is 0 Å². The Balaban J connectivity index is 0. The van der Waals surface area contributed by atoms with E-state index < -0.39 is 16.9 Å². The van der Waals surface area contributed by atoms with E-state index in [1.54, 1.807) is 0 Å². The Morgan fingerprint density at radius 3 is 2.00 bits per heavy atom. The van der Waals surface area contributed by atoms with Crippen LogP contribution < -0.4 is 16.9 Å². The van der Waals surface area contributed by atoms with E-state index in [0.29, 0.717) is 0 Å². The van der Waals surface area contributed by atoms with E-state index >= 15 is 0 Å². The van der Waals surface area contributed by atoms with Gasteiger partial charge in [0.2, 0.25) is 0 Å². The van der Waals surface area contributed by atoms with Crippen molar-refractivity contribution in [2.45, 2.75) is 0 Å². The van der Waals surface area contributed by atoms with Gasteiger partial charge in [0, 0.05) is 0 Å². The molecule has 4 N–H and O–H groups in total. The summed E-state index contributed by atoms with van der Waals surface area (Å²) < 4.78 is 0. The summed E-state index contributed by atoms with van der Waals surface area (Å²) in [4.78, 5) is 41.0. The molecule has 0 saturated carbocycles. The Kier molecular flexibility index (Phi) is 2.43. The summed E-state index contributed by atoms with van der Waals surface area (Å²) in [5.41, 5.74) is -1.65. The van der Waals surface area contributed by atoms with Crippen molar-refractivity contribution >= 4 is 34.2 Å². The zero-order valence-electron chi connectivity index (χ0n) is 8.43. The van der Waals surface area contributed by atoms with Crippen molar-refractivity contribution in [1.82, 2.24) is 19.9 Å². The minimum Gasteiger partial charge on any atom is -1.00 e. The molecule has 0 aliphatic heterocycles. The number of aromatic nitrogens is 4. The number of imidazole rings is 1. The third kappa shape index (κ3) is 1.58. The van der Waals surface area contributed by atoms with Gasteiger partial charge in [0.25, 0.3) is 5.56 Å². The molecular weight excluding hydrogens is 188 g/mol. The fourth-order valence-corrected chi connectivity index (χ4v) is 0.958. The molecule has 0 atom stereocenters. The van der Waals surface area contributed by atoms with Crippen molar-refractivity contribution < 1.29 is 2.85 Å². The molecule has 0 amide bonds. The fraction of sp³-hybridized carbons (Fsp3) is 0. The third-order valence-corrected chi connectivity index (χ3v) is 1.42. The Labute approximate surface area is 88.7 Å². The molecule has 0 aliphatic carbocycles. The Morgan fingerprint density at radius 2 is 1.38 bits per heavy atom. The molecule has 2 aromatic heterocycles. The van der Waals surface area contributed by atoms with Crippen molar-refractivity contribution in [2.24, 2.45) is 0 Å². The SMILES string of the molecule is O=c1[nH]c(=O)c2[nH]c(=O)[nH]c2[nH]1.[H-].[H-].[Mg+2]. The minimum absolute atomic E-state index is 0. The van der Waals surface area contributed by atoms with Crippen LogP contribution >= 0.6 is 0 Å². The minimum atomic E-state index is -0.650. The van der Waals surface area contributed by atoms with Crippen LogP contribution in [0.2, 0.25) is 0 Å². The van der Waals surface area contributed by atoms with Crippen LogP contribution in [0.1, 0.15) is 2.85 Å². The molecule has 0 spiro atoms. The Morgan fingerprint density at radius 1 is 0.846 bits per heavy atom. The van der Waals surface area contributed by atoms with E-state index in [4.69, 9.17) is 0 Å². The van der Waals surface area contributed by atoms with Crippen molar-refractivity contribution in [2.75, 3.05) is 0 Å². The van der Waals surface area contributed by atoms with Gasteiger partial charge in [0.15, 0.2) is 0 Å². The van der Waals surface area contributed by atoms with Crippen molar-refractivity contribution in [3.05, 3.63) is 31.3 Å². The molecule has 7 nitrogen and oxygen atoms in total. The zero-order chi connectivity index (χ0) is 8.72. The van der Waals surface area contributed by atoms with E-state index in [1.807, 2.05) is 4.98 Å². The molecular formula is C5H6MgN4O3. The van der Waals surface area contributed by atoms with Gasteiger partial charge in [0.05, 0.1) is 0 Å². The predicted molar refractivity (Wildman–Crippen MR) is 48.1 cm³/mol. The largest absolute Gasteiger partial charge is 2.00 e. The molecule has 2 aromatic rings. The van der Waals surface area contributed by atoms with Crippen LogP contribution in [-0.2, 0) is 0 Å². The zero-order valence-corrected chi connectivity index (χ0v) is 7.85. The fourth-order valence-electron chi connectivity index (χ4n) is 0.958. The number of hydrogen-bond acceptors (Lipinski definition) is 3. The van der Waals surface area contributed by atoms with Gasteiger partial charge >= 0.3 is 34.4 Å². The first kappa shape index (κ1) is 9.80. The summed E-state index contributed by atoms with van der Waals surface area (Å²) in [5, 5.41) is 0. The third-order valence-electron chi connectivity index (χ3n) is 1.42. The summed E-state index contributed by atoms with van der Waals surface area (Å²) in [7, 11) is 0. The van der Waals surface area contributed by atoms with Gasteiger partial charge in [-0.3, -0.25) is 24.7 Å². The monoisotopic (exact) mass is 194 g/mol. The number of H-pyrrole nitrogens is 4. The molecule has 2 rings (SSSR count). The van der Waals surface area contributed by atoms with Crippen LogP contribution in [0.5, 0.6) is 0 Å². The predicted octanol–water partition coefficient (Wildman–Crippen LogP) is -1.92. The Bertz CT molecular complexity index is 596. The standard InChI is InChI=1S/C5H4N4O3.Mg.2H/c10-3-1-2(7-4(11)6-1)8-5(12)9-3;;;/h(H4,6,7,8,9,10,11,12);;;/q;+2;2*-1. The second kappa shape index (κ2) is 3.22. The molecule has 0 aliphatic rings. The molecule has 0 radical (unpaired) electrons. The molecule has 0 bridgehead atoms. The normalized spacial score (nSPS) is 9.85. The van der Waals surface area contributed by atoms with Gasteiger partial charge in [-0.25, -0.2) is 9.59 Å². The molecule has 0 fully saturated rings. The van der Waals surface area contributed by atoms with Crippen LogP contribution in [-0.4, -0.2) is 43.0 Å².